The van der Waals surface area contributed by atoms with Gasteiger partial charge >= 0.3 is 0 Å². The lowest BCUT2D eigenvalue weighted by Gasteiger charge is -2.60. The van der Waals surface area contributed by atoms with E-state index in [1.165, 1.54) is 51.6 Å². The molecule has 1 N–H and O–H groups in total. The van der Waals surface area contributed by atoms with Gasteiger partial charge in [-0.05, 0) is 74.5 Å². The summed E-state index contributed by atoms with van der Waals surface area (Å²) in [5.41, 5.74) is 3.43. The van der Waals surface area contributed by atoms with E-state index >= 15 is 0 Å². The summed E-state index contributed by atoms with van der Waals surface area (Å²) in [6.07, 6.45) is 10.0. The highest BCUT2D eigenvalue weighted by molar-refractivity contribution is 5.41. The maximum absolute atomic E-state index is 10.4. The molecule has 1 unspecified atom stereocenters. The molecule has 0 amide bonds. The first kappa shape index (κ1) is 14.5. The molecule has 4 atom stereocenters. The van der Waals surface area contributed by atoms with Crippen molar-refractivity contribution in [2.45, 2.75) is 68.9 Å². The van der Waals surface area contributed by atoms with Crippen LogP contribution in [0.1, 0.15) is 56.1 Å². The molecule has 1 aliphatic heterocycles. The van der Waals surface area contributed by atoms with E-state index in [1.54, 1.807) is 11.1 Å². The van der Waals surface area contributed by atoms with Gasteiger partial charge in [-0.1, -0.05) is 30.7 Å². The SMILES string of the molecule is OC1CC[C@H]2[C@H]3Cc4ccccc4[C@@]2(CCN3CC2CCC2)C1. The topological polar surface area (TPSA) is 23.5 Å². The Morgan fingerprint density at radius 3 is 2.83 bits per heavy atom. The summed E-state index contributed by atoms with van der Waals surface area (Å²) in [4.78, 5) is 2.85. The number of nitrogens with zero attached hydrogens (tertiary/aromatic N) is 1. The fourth-order valence-corrected chi connectivity index (χ4v) is 6.29. The van der Waals surface area contributed by atoms with E-state index in [2.05, 4.69) is 29.2 Å². The lowest BCUT2D eigenvalue weighted by Crippen LogP contribution is -2.63. The Balaban J connectivity index is 1.53. The molecule has 3 fully saturated rings. The van der Waals surface area contributed by atoms with Crippen LogP contribution in [0.4, 0.5) is 0 Å². The number of likely N-dealkylation sites (tertiary alicyclic amines) is 1. The molecule has 1 aromatic carbocycles. The van der Waals surface area contributed by atoms with E-state index in [0.717, 1.165) is 30.7 Å². The molecule has 0 radical (unpaired) electrons. The second kappa shape index (κ2) is 5.32. The molecule has 0 aromatic heterocycles. The standard InChI is InChI=1S/C21H29NO/c23-17-8-9-19-20-12-16-6-1-2-7-18(16)21(19,13-17)10-11-22(20)14-15-4-3-5-15/h1-2,6-7,15,17,19-20,23H,3-5,8-14H2/t17?,19-,20+,21+/m0/s1. The van der Waals surface area contributed by atoms with Crippen molar-refractivity contribution < 1.29 is 5.11 Å². The highest BCUT2D eigenvalue weighted by atomic mass is 16.3. The number of aliphatic hydroxyl groups is 1. The summed E-state index contributed by atoms with van der Waals surface area (Å²) in [6.45, 7) is 2.58. The number of benzene rings is 1. The molecule has 1 saturated heterocycles. The summed E-state index contributed by atoms with van der Waals surface area (Å²) in [5, 5.41) is 10.4. The van der Waals surface area contributed by atoms with E-state index in [-0.39, 0.29) is 11.5 Å². The zero-order chi connectivity index (χ0) is 15.4. The quantitative estimate of drug-likeness (QED) is 0.903. The molecule has 2 bridgehead atoms. The Morgan fingerprint density at radius 1 is 1.13 bits per heavy atom. The second-order valence-electron chi connectivity index (χ2n) is 8.67. The van der Waals surface area contributed by atoms with Crippen molar-refractivity contribution in [1.82, 2.24) is 4.90 Å². The van der Waals surface area contributed by atoms with Crippen molar-refractivity contribution in [2.75, 3.05) is 13.1 Å². The van der Waals surface area contributed by atoms with Gasteiger partial charge in [0.1, 0.15) is 0 Å². The molecular formula is C21H29NO. The van der Waals surface area contributed by atoms with E-state index in [9.17, 15) is 5.11 Å². The second-order valence-corrected chi connectivity index (χ2v) is 8.67. The summed E-state index contributed by atoms with van der Waals surface area (Å²) in [7, 11) is 0. The van der Waals surface area contributed by atoms with Crippen LogP contribution in [-0.2, 0) is 11.8 Å². The average molecular weight is 311 g/mol. The number of aliphatic hydroxyl groups excluding tert-OH is 1. The van der Waals surface area contributed by atoms with Gasteiger partial charge in [0.25, 0.3) is 0 Å². The van der Waals surface area contributed by atoms with Crippen molar-refractivity contribution in [3.8, 4) is 0 Å². The van der Waals surface area contributed by atoms with Crippen LogP contribution in [0.25, 0.3) is 0 Å². The zero-order valence-corrected chi connectivity index (χ0v) is 14.1. The molecule has 0 spiro atoms. The van der Waals surface area contributed by atoms with Gasteiger partial charge in [-0.25, -0.2) is 0 Å². The molecule has 2 heteroatoms. The van der Waals surface area contributed by atoms with Crippen LogP contribution in [-0.4, -0.2) is 35.2 Å². The lowest BCUT2D eigenvalue weighted by atomic mass is 9.52. The van der Waals surface area contributed by atoms with Crippen molar-refractivity contribution in [2.24, 2.45) is 11.8 Å². The van der Waals surface area contributed by atoms with Gasteiger partial charge in [0.2, 0.25) is 0 Å². The van der Waals surface area contributed by atoms with Crippen LogP contribution >= 0.6 is 0 Å². The number of hydrogen-bond acceptors (Lipinski definition) is 2. The van der Waals surface area contributed by atoms with Crippen LogP contribution in [0.2, 0.25) is 0 Å². The van der Waals surface area contributed by atoms with Crippen LogP contribution in [0.3, 0.4) is 0 Å². The van der Waals surface area contributed by atoms with Crippen molar-refractivity contribution in [1.29, 1.82) is 0 Å². The predicted octanol–water partition coefficient (Wildman–Crippen LogP) is 3.52. The largest absolute Gasteiger partial charge is 0.393 e. The third kappa shape index (κ3) is 2.14. The highest BCUT2D eigenvalue weighted by Gasteiger charge is 2.55. The Kier molecular flexibility index (Phi) is 3.35. The van der Waals surface area contributed by atoms with Crippen LogP contribution < -0.4 is 0 Å². The molecule has 5 rings (SSSR count). The molecule has 1 heterocycles. The third-order valence-electron chi connectivity index (χ3n) is 7.60. The van der Waals surface area contributed by atoms with Gasteiger partial charge in [-0.15, -0.1) is 0 Å². The first-order valence-corrected chi connectivity index (χ1v) is 9.77. The van der Waals surface area contributed by atoms with E-state index < -0.39 is 0 Å². The molecule has 1 aromatic rings. The van der Waals surface area contributed by atoms with Crippen LogP contribution in [0.5, 0.6) is 0 Å². The minimum atomic E-state index is -0.0868. The summed E-state index contributed by atoms with van der Waals surface area (Å²) in [6, 6.07) is 9.88. The van der Waals surface area contributed by atoms with Gasteiger partial charge in [0.15, 0.2) is 0 Å². The molecule has 2 saturated carbocycles. The van der Waals surface area contributed by atoms with Gasteiger partial charge in [-0.2, -0.15) is 0 Å². The molecule has 2 nitrogen and oxygen atoms in total. The smallest absolute Gasteiger partial charge is 0.0549 e. The third-order valence-corrected chi connectivity index (χ3v) is 7.60. The Labute approximate surface area is 139 Å². The number of hydrogen-bond donors (Lipinski definition) is 1. The minimum absolute atomic E-state index is 0.0868. The summed E-state index contributed by atoms with van der Waals surface area (Å²) < 4.78 is 0. The highest BCUT2D eigenvalue weighted by Crippen LogP contribution is 2.55. The molecule has 4 aliphatic rings. The number of fused-ring (bicyclic) bond motifs is 1. The van der Waals surface area contributed by atoms with Crippen LogP contribution in [0.15, 0.2) is 24.3 Å². The Bertz CT molecular complexity index is 595. The van der Waals surface area contributed by atoms with Crippen molar-refractivity contribution >= 4 is 0 Å². The van der Waals surface area contributed by atoms with E-state index in [1.807, 2.05) is 0 Å². The van der Waals surface area contributed by atoms with Crippen LogP contribution in [0, 0.1) is 11.8 Å². The number of rotatable bonds is 2. The molecule has 3 aliphatic carbocycles. The van der Waals surface area contributed by atoms with Gasteiger partial charge in [-0.3, -0.25) is 4.90 Å². The van der Waals surface area contributed by atoms with Gasteiger partial charge in [0.05, 0.1) is 6.10 Å². The Hall–Kier alpha value is -0.860. The van der Waals surface area contributed by atoms with Crippen molar-refractivity contribution in [3.63, 3.8) is 0 Å². The fraction of sp³-hybridized carbons (Fsp3) is 0.714. The minimum Gasteiger partial charge on any atom is -0.393 e. The molecular weight excluding hydrogens is 282 g/mol. The monoisotopic (exact) mass is 311 g/mol. The number of piperidine rings is 1. The average Bonchev–Trinajstić information content (AvgIpc) is 2.52. The first-order chi connectivity index (χ1) is 11.3. The summed E-state index contributed by atoms with van der Waals surface area (Å²) in [5.74, 6) is 1.74. The van der Waals surface area contributed by atoms with Gasteiger partial charge in [0, 0.05) is 18.0 Å². The van der Waals surface area contributed by atoms with Crippen molar-refractivity contribution in [3.05, 3.63) is 35.4 Å². The maximum Gasteiger partial charge on any atom is 0.0549 e. The Morgan fingerprint density at radius 2 is 2.00 bits per heavy atom. The maximum atomic E-state index is 10.4. The normalized spacial score (nSPS) is 40.1. The predicted molar refractivity (Wildman–Crippen MR) is 92.5 cm³/mol. The fourth-order valence-electron chi connectivity index (χ4n) is 6.29. The van der Waals surface area contributed by atoms with E-state index in [4.69, 9.17) is 0 Å². The zero-order valence-electron chi connectivity index (χ0n) is 14.1. The molecule has 124 valence electrons. The lowest BCUT2D eigenvalue weighted by molar-refractivity contribution is -0.0556. The molecule has 23 heavy (non-hydrogen) atoms. The summed E-state index contributed by atoms with van der Waals surface area (Å²) >= 11 is 0. The van der Waals surface area contributed by atoms with Gasteiger partial charge < -0.3 is 5.11 Å². The van der Waals surface area contributed by atoms with E-state index in [0.29, 0.717) is 0 Å². The first-order valence-electron chi connectivity index (χ1n) is 9.77.